The third-order valence-electron chi connectivity index (χ3n) is 4.47. The van der Waals surface area contributed by atoms with Gasteiger partial charge in [-0.3, -0.25) is 14.4 Å². The number of cyclic esters (lactones) is 1. The Morgan fingerprint density at radius 2 is 1.66 bits per heavy atom. The number of rotatable bonds is 8. The molecule has 0 saturated carbocycles. The fourth-order valence-corrected chi connectivity index (χ4v) is 2.95. The first kappa shape index (κ1) is 20.3. The Bertz CT molecular complexity index is 881. The summed E-state index contributed by atoms with van der Waals surface area (Å²) in [4.78, 5) is 48.6. The van der Waals surface area contributed by atoms with Crippen molar-refractivity contribution >= 4 is 23.6 Å². The lowest BCUT2D eigenvalue weighted by Gasteiger charge is -2.17. The second-order valence-electron chi connectivity index (χ2n) is 6.59. The molecular weight excluding hydrogens is 374 g/mol. The van der Waals surface area contributed by atoms with E-state index < -0.39 is 30.0 Å². The monoisotopic (exact) mass is 395 g/mol. The van der Waals surface area contributed by atoms with Crippen LogP contribution < -0.4 is 5.32 Å². The van der Waals surface area contributed by atoms with Crippen LogP contribution in [-0.2, 0) is 23.9 Å². The average molecular weight is 395 g/mol. The zero-order valence-corrected chi connectivity index (χ0v) is 15.7. The summed E-state index contributed by atoms with van der Waals surface area (Å²) in [6.07, 6.45) is -1.04. The summed E-state index contributed by atoms with van der Waals surface area (Å²) < 4.78 is 10.2. The number of nitrogens with one attached hydrogen (secondary N) is 1. The number of ketones is 1. The Balaban J connectivity index is 1.61. The highest BCUT2D eigenvalue weighted by Gasteiger charge is 2.29. The smallest absolute Gasteiger partial charge is 0.328 e. The first-order valence-corrected chi connectivity index (χ1v) is 9.34. The molecule has 7 nitrogen and oxygen atoms in total. The molecule has 2 aromatic carbocycles. The van der Waals surface area contributed by atoms with Gasteiger partial charge in [0.25, 0.3) is 0 Å². The summed E-state index contributed by atoms with van der Waals surface area (Å²) >= 11 is 0. The molecule has 1 fully saturated rings. The Labute approximate surface area is 168 Å². The maximum atomic E-state index is 12.9. The van der Waals surface area contributed by atoms with E-state index in [9.17, 15) is 19.2 Å². The largest absolute Gasteiger partial charge is 0.464 e. The molecule has 0 aromatic heterocycles. The van der Waals surface area contributed by atoms with E-state index in [1.165, 1.54) is 0 Å². The van der Waals surface area contributed by atoms with E-state index in [1.54, 1.807) is 60.7 Å². The fourth-order valence-electron chi connectivity index (χ4n) is 2.95. The molecule has 0 radical (unpaired) electrons. The van der Waals surface area contributed by atoms with Crippen LogP contribution in [0.15, 0.2) is 60.7 Å². The van der Waals surface area contributed by atoms with Gasteiger partial charge >= 0.3 is 11.9 Å². The van der Waals surface area contributed by atoms with E-state index in [4.69, 9.17) is 9.47 Å². The van der Waals surface area contributed by atoms with Crippen LogP contribution >= 0.6 is 0 Å². The van der Waals surface area contributed by atoms with Crippen molar-refractivity contribution in [3.05, 3.63) is 71.8 Å². The van der Waals surface area contributed by atoms with Crippen LogP contribution in [0, 0.1) is 0 Å². The average Bonchev–Trinajstić information content (AvgIpc) is 3.15. The lowest BCUT2D eigenvalue weighted by molar-refractivity contribution is -0.148. The van der Waals surface area contributed by atoms with E-state index >= 15 is 0 Å². The quantitative estimate of drug-likeness (QED) is 0.544. The minimum absolute atomic E-state index is 0.149. The molecule has 1 saturated heterocycles. The maximum Gasteiger partial charge on any atom is 0.328 e. The fraction of sp³-hybridized carbons (Fsp3) is 0.273. The molecule has 2 atom stereocenters. The van der Waals surface area contributed by atoms with Crippen molar-refractivity contribution in [3.8, 4) is 0 Å². The van der Waals surface area contributed by atoms with Crippen molar-refractivity contribution in [2.45, 2.75) is 31.4 Å². The van der Waals surface area contributed by atoms with E-state index in [2.05, 4.69) is 5.32 Å². The van der Waals surface area contributed by atoms with Crippen LogP contribution in [-0.4, -0.2) is 36.3 Å². The molecule has 1 unspecified atom stereocenters. The number of hydrogen-bond acceptors (Lipinski definition) is 6. The highest BCUT2D eigenvalue weighted by atomic mass is 16.5. The predicted octanol–water partition coefficient (Wildman–Crippen LogP) is 2.37. The molecule has 1 amide bonds. The Kier molecular flexibility index (Phi) is 6.73. The summed E-state index contributed by atoms with van der Waals surface area (Å²) in [6.45, 7) is 0.270. The summed E-state index contributed by atoms with van der Waals surface area (Å²) in [7, 11) is 0. The summed E-state index contributed by atoms with van der Waals surface area (Å²) in [6, 6.07) is 16.6. The number of carbonyl (C=O) groups is 4. The first-order valence-electron chi connectivity index (χ1n) is 9.34. The number of esters is 2. The van der Waals surface area contributed by atoms with Gasteiger partial charge in [0.2, 0.25) is 11.7 Å². The number of benzene rings is 2. The van der Waals surface area contributed by atoms with Crippen molar-refractivity contribution in [1.29, 1.82) is 0 Å². The Morgan fingerprint density at radius 3 is 2.28 bits per heavy atom. The highest BCUT2D eigenvalue weighted by Crippen LogP contribution is 2.23. The molecule has 0 aliphatic carbocycles. The molecule has 1 aliphatic rings. The van der Waals surface area contributed by atoms with Gasteiger partial charge in [-0.2, -0.15) is 0 Å². The highest BCUT2D eigenvalue weighted by molar-refractivity contribution is 6.01. The lowest BCUT2D eigenvalue weighted by Crippen LogP contribution is -2.38. The van der Waals surface area contributed by atoms with Gasteiger partial charge < -0.3 is 14.8 Å². The molecule has 29 heavy (non-hydrogen) atoms. The van der Waals surface area contributed by atoms with Gasteiger partial charge in [0.1, 0.15) is 6.04 Å². The van der Waals surface area contributed by atoms with E-state index in [0.29, 0.717) is 17.5 Å². The molecule has 1 N–H and O–H groups in total. The zero-order chi connectivity index (χ0) is 20.6. The van der Waals surface area contributed by atoms with Crippen LogP contribution in [0.3, 0.4) is 0 Å². The van der Waals surface area contributed by atoms with Gasteiger partial charge in [-0.15, -0.1) is 0 Å². The SMILES string of the molecule is O=C(CCC(=O)OC(C(=O)c1ccccc1)c1ccccc1)N[C@H]1CCOC1=O. The summed E-state index contributed by atoms with van der Waals surface area (Å²) in [5.74, 6) is -1.94. The standard InChI is InChI=1S/C22H21NO6/c24-18(23-17-13-14-28-22(17)27)11-12-19(25)29-21(16-9-5-2-6-10-16)20(26)15-7-3-1-4-8-15/h1-10,17,21H,11-14H2,(H,23,24)/t17-,21?/m0/s1. The van der Waals surface area contributed by atoms with Crippen LogP contribution in [0.1, 0.15) is 41.3 Å². The van der Waals surface area contributed by atoms with E-state index in [-0.39, 0.29) is 25.2 Å². The first-order chi connectivity index (χ1) is 14.0. The topological polar surface area (TPSA) is 98.8 Å². The van der Waals surface area contributed by atoms with Gasteiger partial charge in [0.15, 0.2) is 6.10 Å². The molecule has 3 rings (SSSR count). The second-order valence-corrected chi connectivity index (χ2v) is 6.59. The third-order valence-corrected chi connectivity index (χ3v) is 4.47. The van der Waals surface area contributed by atoms with Gasteiger partial charge in [0.05, 0.1) is 13.0 Å². The molecule has 0 bridgehead atoms. The minimum atomic E-state index is -1.10. The molecule has 1 aliphatic heterocycles. The van der Waals surface area contributed by atoms with Crippen molar-refractivity contribution in [2.75, 3.05) is 6.61 Å². The summed E-state index contributed by atoms with van der Waals surface area (Å²) in [5.41, 5.74) is 0.972. The Hall–Kier alpha value is -3.48. The van der Waals surface area contributed by atoms with Crippen molar-refractivity contribution in [1.82, 2.24) is 5.32 Å². The van der Waals surface area contributed by atoms with Gasteiger partial charge in [-0.1, -0.05) is 60.7 Å². The van der Waals surface area contributed by atoms with E-state index in [1.807, 2.05) is 0 Å². The maximum absolute atomic E-state index is 12.9. The molecular formula is C22H21NO6. The number of amides is 1. The molecule has 150 valence electrons. The number of ether oxygens (including phenoxy) is 2. The second kappa shape index (κ2) is 9.64. The number of Topliss-reactive ketones (excluding diaryl/α,β-unsaturated/α-hetero) is 1. The molecule has 0 spiro atoms. The minimum Gasteiger partial charge on any atom is -0.464 e. The van der Waals surface area contributed by atoms with Crippen LogP contribution in [0.4, 0.5) is 0 Å². The summed E-state index contributed by atoms with van der Waals surface area (Å²) in [5, 5.41) is 2.53. The van der Waals surface area contributed by atoms with Crippen molar-refractivity contribution < 1.29 is 28.7 Å². The normalized spacial score (nSPS) is 16.6. The molecule has 2 aromatic rings. The molecule has 1 heterocycles. The lowest BCUT2D eigenvalue weighted by atomic mass is 10.00. The number of carbonyl (C=O) groups excluding carboxylic acids is 4. The van der Waals surface area contributed by atoms with Crippen LogP contribution in [0.25, 0.3) is 0 Å². The predicted molar refractivity (Wildman–Crippen MR) is 103 cm³/mol. The zero-order valence-electron chi connectivity index (χ0n) is 15.7. The Morgan fingerprint density at radius 1 is 1.00 bits per heavy atom. The third kappa shape index (κ3) is 5.51. The molecule has 7 heteroatoms. The van der Waals surface area contributed by atoms with Crippen LogP contribution in [0.2, 0.25) is 0 Å². The van der Waals surface area contributed by atoms with Crippen molar-refractivity contribution in [2.24, 2.45) is 0 Å². The van der Waals surface area contributed by atoms with E-state index in [0.717, 1.165) is 0 Å². The number of hydrogen-bond donors (Lipinski definition) is 1. The van der Waals surface area contributed by atoms with Crippen LogP contribution in [0.5, 0.6) is 0 Å². The van der Waals surface area contributed by atoms with Gasteiger partial charge in [-0.25, -0.2) is 4.79 Å². The van der Waals surface area contributed by atoms with Gasteiger partial charge in [0, 0.05) is 24.0 Å². The van der Waals surface area contributed by atoms with Crippen molar-refractivity contribution in [3.63, 3.8) is 0 Å². The van der Waals surface area contributed by atoms with Gasteiger partial charge in [-0.05, 0) is 0 Å².